The van der Waals surface area contributed by atoms with E-state index in [9.17, 15) is 0 Å². The Labute approximate surface area is 178 Å². The Hall–Kier alpha value is -2.09. The van der Waals surface area contributed by atoms with Gasteiger partial charge in [0.05, 0.1) is 24.9 Å². The van der Waals surface area contributed by atoms with Gasteiger partial charge in [-0.25, -0.2) is 0 Å². The number of nitrogens with one attached hydrogen (secondary N) is 2. The number of morpholine rings is 1. The van der Waals surface area contributed by atoms with Crippen molar-refractivity contribution in [3.63, 3.8) is 0 Å². The minimum Gasteiger partial charge on any atom is -0.379 e. The highest BCUT2D eigenvalue weighted by Crippen LogP contribution is 2.27. The van der Waals surface area contributed by atoms with Gasteiger partial charge in [-0.3, -0.25) is 14.6 Å². The molecule has 1 saturated heterocycles. The number of aryl methyl sites for hydroxylation is 2. The minimum atomic E-state index is 0.146. The lowest BCUT2D eigenvalue weighted by atomic mass is 10.0. The van der Waals surface area contributed by atoms with Crippen molar-refractivity contribution < 1.29 is 4.74 Å². The predicted octanol–water partition coefficient (Wildman–Crippen LogP) is 2.43. The van der Waals surface area contributed by atoms with Gasteiger partial charge in [0, 0.05) is 56.6 Å². The summed E-state index contributed by atoms with van der Waals surface area (Å²) in [5.74, 6) is 0.762. The third-order valence-corrected chi connectivity index (χ3v) is 5.87. The summed E-state index contributed by atoms with van der Waals surface area (Å²) in [4.78, 5) is 6.81. The molecule has 2 aromatic rings. The van der Waals surface area contributed by atoms with Gasteiger partial charge < -0.3 is 15.4 Å². The fourth-order valence-corrected chi connectivity index (χ4v) is 3.99. The van der Waals surface area contributed by atoms with Crippen LogP contribution in [-0.4, -0.2) is 60.5 Å². The SMILES string of the molecule is CN=C(NCc1c(C)nn(C)c1C)NCC(c1ccccc1Cl)N1CCOCC1. The lowest BCUT2D eigenvalue weighted by Crippen LogP contribution is -2.46. The van der Waals surface area contributed by atoms with Crippen LogP contribution in [0.1, 0.15) is 28.6 Å². The summed E-state index contributed by atoms with van der Waals surface area (Å²) in [5.41, 5.74) is 4.52. The Bertz CT molecular complexity index is 844. The highest BCUT2D eigenvalue weighted by molar-refractivity contribution is 6.31. The highest BCUT2D eigenvalue weighted by Gasteiger charge is 2.24. The van der Waals surface area contributed by atoms with Crippen LogP contribution in [-0.2, 0) is 18.3 Å². The standard InChI is InChI=1S/C21H31ClN6O/c1-15-18(16(2)27(4)26-15)13-24-21(23-3)25-14-20(28-9-11-29-12-10-28)17-7-5-6-8-19(17)22/h5-8,20H,9-14H2,1-4H3,(H2,23,24,25). The van der Waals surface area contributed by atoms with E-state index >= 15 is 0 Å². The van der Waals surface area contributed by atoms with Crippen molar-refractivity contribution in [3.8, 4) is 0 Å². The van der Waals surface area contributed by atoms with Crippen LogP contribution in [0.5, 0.6) is 0 Å². The van der Waals surface area contributed by atoms with Gasteiger partial charge in [0.25, 0.3) is 0 Å². The molecule has 1 fully saturated rings. The van der Waals surface area contributed by atoms with E-state index in [2.05, 4.69) is 38.6 Å². The van der Waals surface area contributed by atoms with E-state index in [0.29, 0.717) is 13.1 Å². The number of hydrogen-bond acceptors (Lipinski definition) is 4. The molecule has 1 aliphatic heterocycles. The molecule has 0 spiro atoms. The number of aliphatic imine (C=N–C) groups is 1. The zero-order valence-corrected chi connectivity index (χ0v) is 18.5. The molecule has 2 heterocycles. The molecule has 1 unspecified atom stereocenters. The number of hydrogen-bond donors (Lipinski definition) is 2. The van der Waals surface area contributed by atoms with Gasteiger partial charge in [-0.2, -0.15) is 5.10 Å². The van der Waals surface area contributed by atoms with Gasteiger partial charge in [0.2, 0.25) is 0 Å². The van der Waals surface area contributed by atoms with E-state index in [0.717, 1.165) is 54.2 Å². The largest absolute Gasteiger partial charge is 0.379 e. The van der Waals surface area contributed by atoms with Crippen LogP contribution in [0, 0.1) is 13.8 Å². The summed E-state index contributed by atoms with van der Waals surface area (Å²) in [6.45, 7) is 8.76. The van der Waals surface area contributed by atoms with Crippen molar-refractivity contribution in [2.45, 2.75) is 26.4 Å². The van der Waals surface area contributed by atoms with Crippen molar-refractivity contribution in [2.75, 3.05) is 39.9 Å². The zero-order valence-electron chi connectivity index (χ0n) is 17.7. The Kier molecular flexibility index (Phi) is 7.52. The molecule has 0 radical (unpaired) electrons. The first-order chi connectivity index (χ1) is 14.0. The van der Waals surface area contributed by atoms with E-state index < -0.39 is 0 Å². The second kappa shape index (κ2) is 10.1. The fourth-order valence-electron chi connectivity index (χ4n) is 3.73. The smallest absolute Gasteiger partial charge is 0.191 e. The first kappa shape index (κ1) is 21.6. The maximum Gasteiger partial charge on any atom is 0.191 e. The molecule has 0 saturated carbocycles. The number of guanidine groups is 1. The fraction of sp³-hybridized carbons (Fsp3) is 0.524. The second-order valence-corrected chi connectivity index (χ2v) is 7.67. The number of aromatic nitrogens is 2. The molecule has 1 aromatic heterocycles. The number of rotatable bonds is 6. The maximum atomic E-state index is 6.52. The topological polar surface area (TPSA) is 66.7 Å². The van der Waals surface area contributed by atoms with E-state index in [1.54, 1.807) is 7.05 Å². The molecule has 8 heteroatoms. The van der Waals surface area contributed by atoms with Crippen molar-refractivity contribution in [2.24, 2.45) is 12.0 Å². The monoisotopic (exact) mass is 418 g/mol. The Morgan fingerprint density at radius 2 is 1.97 bits per heavy atom. The normalized spacial score (nSPS) is 16.7. The second-order valence-electron chi connectivity index (χ2n) is 7.27. The zero-order chi connectivity index (χ0) is 20.8. The minimum absolute atomic E-state index is 0.146. The molecule has 158 valence electrons. The summed E-state index contributed by atoms with van der Waals surface area (Å²) >= 11 is 6.52. The van der Waals surface area contributed by atoms with Crippen molar-refractivity contribution in [3.05, 3.63) is 51.8 Å². The van der Waals surface area contributed by atoms with E-state index in [4.69, 9.17) is 16.3 Å². The Morgan fingerprint density at radius 1 is 1.24 bits per heavy atom. The molecule has 3 rings (SSSR count). The summed E-state index contributed by atoms with van der Waals surface area (Å²) < 4.78 is 7.45. The maximum absolute atomic E-state index is 6.52. The van der Waals surface area contributed by atoms with Gasteiger partial charge >= 0.3 is 0 Å². The van der Waals surface area contributed by atoms with Gasteiger partial charge in [0.1, 0.15) is 0 Å². The van der Waals surface area contributed by atoms with Crippen LogP contribution in [0.25, 0.3) is 0 Å². The Morgan fingerprint density at radius 3 is 2.59 bits per heavy atom. The molecular weight excluding hydrogens is 388 g/mol. The van der Waals surface area contributed by atoms with E-state index in [1.807, 2.05) is 36.9 Å². The summed E-state index contributed by atoms with van der Waals surface area (Å²) in [7, 11) is 3.76. The highest BCUT2D eigenvalue weighted by atomic mass is 35.5. The molecule has 1 aromatic carbocycles. The third-order valence-electron chi connectivity index (χ3n) is 5.53. The first-order valence-electron chi connectivity index (χ1n) is 10.0. The van der Waals surface area contributed by atoms with Crippen LogP contribution < -0.4 is 10.6 Å². The average molecular weight is 419 g/mol. The number of benzene rings is 1. The summed E-state index contributed by atoms with van der Waals surface area (Å²) in [6, 6.07) is 8.20. The quantitative estimate of drug-likeness (QED) is 0.557. The lowest BCUT2D eigenvalue weighted by molar-refractivity contribution is 0.0170. The molecule has 0 amide bonds. The molecule has 2 N–H and O–H groups in total. The molecule has 0 aliphatic carbocycles. The molecule has 29 heavy (non-hydrogen) atoms. The number of nitrogens with zero attached hydrogens (tertiary/aromatic N) is 4. The predicted molar refractivity (Wildman–Crippen MR) is 117 cm³/mol. The third kappa shape index (κ3) is 5.29. The molecular formula is C21H31ClN6O. The molecule has 1 atom stereocenters. The molecule has 0 bridgehead atoms. The average Bonchev–Trinajstić information content (AvgIpc) is 2.98. The van der Waals surface area contributed by atoms with Crippen molar-refractivity contribution >= 4 is 17.6 Å². The van der Waals surface area contributed by atoms with Gasteiger partial charge in [-0.1, -0.05) is 29.8 Å². The van der Waals surface area contributed by atoms with Crippen LogP contribution in [0.4, 0.5) is 0 Å². The number of halogens is 1. The van der Waals surface area contributed by atoms with E-state index in [-0.39, 0.29) is 6.04 Å². The summed E-state index contributed by atoms with van der Waals surface area (Å²) in [6.07, 6.45) is 0. The molecule has 7 nitrogen and oxygen atoms in total. The van der Waals surface area contributed by atoms with Gasteiger partial charge in [-0.15, -0.1) is 0 Å². The first-order valence-corrected chi connectivity index (χ1v) is 10.4. The molecule has 1 aliphatic rings. The Balaban J connectivity index is 1.67. The van der Waals surface area contributed by atoms with Crippen LogP contribution in [0.15, 0.2) is 29.3 Å². The van der Waals surface area contributed by atoms with Gasteiger partial charge in [-0.05, 0) is 25.5 Å². The van der Waals surface area contributed by atoms with Crippen LogP contribution in [0.3, 0.4) is 0 Å². The van der Waals surface area contributed by atoms with Gasteiger partial charge in [0.15, 0.2) is 5.96 Å². The lowest BCUT2D eigenvalue weighted by Gasteiger charge is -2.35. The van der Waals surface area contributed by atoms with Crippen LogP contribution in [0.2, 0.25) is 5.02 Å². The van der Waals surface area contributed by atoms with Crippen LogP contribution >= 0.6 is 11.6 Å². The number of ether oxygens (including phenoxy) is 1. The summed E-state index contributed by atoms with van der Waals surface area (Å²) in [5, 5.41) is 12.2. The van der Waals surface area contributed by atoms with Crippen molar-refractivity contribution in [1.82, 2.24) is 25.3 Å². The van der Waals surface area contributed by atoms with Crippen molar-refractivity contribution in [1.29, 1.82) is 0 Å². The van der Waals surface area contributed by atoms with E-state index in [1.165, 1.54) is 5.56 Å².